The largest absolute Gasteiger partial charge is 0.379 e. The summed E-state index contributed by atoms with van der Waals surface area (Å²) < 4.78 is 10.6. The molecule has 0 aromatic rings. The lowest BCUT2D eigenvalue weighted by Crippen LogP contribution is -2.53. The van der Waals surface area contributed by atoms with Crippen LogP contribution in [0.1, 0.15) is 6.42 Å². The van der Waals surface area contributed by atoms with E-state index in [0.29, 0.717) is 6.61 Å². The molecule has 0 saturated carbocycles. The molecule has 0 aromatic carbocycles. The van der Waals surface area contributed by atoms with Crippen LogP contribution in [0.5, 0.6) is 0 Å². The summed E-state index contributed by atoms with van der Waals surface area (Å²) in [4.78, 5) is 2.37. The molecule has 2 heterocycles. The van der Waals surface area contributed by atoms with Crippen molar-refractivity contribution in [1.29, 1.82) is 0 Å². The van der Waals surface area contributed by atoms with E-state index < -0.39 is 0 Å². The molecule has 0 spiro atoms. The second-order valence-electron chi connectivity index (χ2n) is 4.05. The van der Waals surface area contributed by atoms with Gasteiger partial charge in [0, 0.05) is 26.2 Å². The number of hydrogen-bond acceptors (Lipinski definition) is 4. The lowest BCUT2D eigenvalue weighted by Gasteiger charge is -2.33. The monoisotopic (exact) mass is 186 g/mol. The Morgan fingerprint density at radius 3 is 2.54 bits per heavy atom. The van der Waals surface area contributed by atoms with E-state index >= 15 is 0 Å². The van der Waals surface area contributed by atoms with Crippen molar-refractivity contribution in [2.75, 3.05) is 46.1 Å². The molecule has 0 amide bonds. The van der Waals surface area contributed by atoms with Crippen LogP contribution >= 0.6 is 0 Å². The Morgan fingerprint density at radius 2 is 1.92 bits per heavy atom. The van der Waals surface area contributed by atoms with Crippen LogP contribution in [0.25, 0.3) is 0 Å². The van der Waals surface area contributed by atoms with E-state index in [9.17, 15) is 0 Å². The van der Waals surface area contributed by atoms with Gasteiger partial charge in [-0.05, 0) is 6.42 Å². The second kappa shape index (κ2) is 3.92. The fraction of sp³-hybridized carbons (Fsp3) is 1.00. The molecular weight excluding hydrogens is 168 g/mol. The van der Waals surface area contributed by atoms with Crippen molar-refractivity contribution in [2.45, 2.75) is 12.0 Å². The summed E-state index contributed by atoms with van der Waals surface area (Å²) in [6.45, 7) is 6.20. The SMILES string of the molecule is NC1(CN2CCOCC2)CCOC1. The molecule has 2 aliphatic rings. The van der Waals surface area contributed by atoms with Crippen molar-refractivity contribution in [3.8, 4) is 0 Å². The van der Waals surface area contributed by atoms with Crippen LogP contribution in [0.3, 0.4) is 0 Å². The van der Waals surface area contributed by atoms with E-state index in [-0.39, 0.29) is 5.54 Å². The maximum Gasteiger partial charge on any atom is 0.0659 e. The Balaban J connectivity index is 1.81. The number of nitrogens with zero attached hydrogens (tertiary/aromatic N) is 1. The third kappa shape index (κ3) is 2.40. The molecule has 0 aromatic heterocycles. The molecule has 4 nitrogen and oxygen atoms in total. The smallest absolute Gasteiger partial charge is 0.0659 e. The highest BCUT2D eigenvalue weighted by atomic mass is 16.5. The lowest BCUT2D eigenvalue weighted by molar-refractivity contribution is 0.0261. The van der Waals surface area contributed by atoms with Gasteiger partial charge >= 0.3 is 0 Å². The standard InChI is InChI=1S/C9H18N2O2/c10-9(1-4-13-8-9)7-11-2-5-12-6-3-11/h1-8,10H2. The van der Waals surface area contributed by atoms with Gasteiger partial charge in [0.1, 0.15) is 0 Å². The van der Waals surface area contributed by atoms with E-state index in [1.807, 2.05) is 0 Å². The Hall–Kier alpha value is -0.160. The number of rotatable bonds is 2. The van der Waals surface area contributed by atoms with Crippen LogP contribution in [-0.4, -0.2) is 56.5 Å². The summed E-state index contributed by atoms with van der Waals surface area (Å²) >= 11 is 0. The van der Waals surface area contributed by atoms with Gasteiger partial charge in [0.15, 0.2) is 0 Å². The first-order chi connectivity index (χ1) is 6.29. The van der Waals surface area contributed by atoms with E-state index in [2.05, 4.69) is 4.90 Å². The summed E-state index contributed by atoms with van der Waals surface area (Å²) in [5.74, 6) is 0. The second-order valence-corrected chi connectivity index (χ2v) is 4.05. The average molecular weight is 186 g/mol. The minimum atomic E-state index is -0.0999. The number of ether oxygens (including phenoxy) is 2. The summed E-state index contributed by atoms with van der Waals surface area (Å²) in [6, 6.07) is 0. The molecule has 2 saturated heterocycles. The van der Waals surface area contributed by atoms with Crippen LogP contribution in [0.4, 0.5) is 0 Å². The van der Waals surface area contributed by atoms with Crippen molar-refractivity contribution >= 4 is 0 Å². The molecule has 1 unspecified atom stereocenters. The van der Waals surface area contributed by atoms with E-state index in [1.165, 1.54) is 0 Å². The zero-order chi connectivity index (χ0) is 9.15. The van der Waals surface area contributed by atoms with Gasteiger partial charge in [-0.15, -0.1) is 0 Å². The molecule has 0 radical (unpaired) electrons. The molecule has 0 aliphatic carbocycles. The Kier molecular flexibility index (Phi) is 2.83. The maximum atomic E-state index is 6.18. The van der Waals surface area contributed by atoms with Crippen LogP contribution in [0.15, 0.2) is 0 Å². The fourth-order valence-electron chi connectivity index (χ4n) is 1.95. The normalized spacial score (nSPS) is 36.7. The first-order valence-corrected chi connectivity index (χ1v) is 4.95. The Bertz CT molecular complexity index is 163. The zero-order valence-electron chi connectivity index (χ0n) is 8.00. The number of hydrogen-bond donors (Lipinski definition) is 1. The summed E-state index contributed by atoms with van der Waals surface area (Å²) in [7, 11) is 0. The molecular formula is C9H18N2O2. The van der Waals surface area contributed by atoms with Gasteiger partial charge in [-0.25, -0.2) is 0 Å². The van der Waals surface area contributed by atoms with Gasteiger partial charge in [-0.1, -0.05) is 0 Å². The molecule has 2 fully saturated rings. The van der Waals surface area contributed by atoms with Crippen LogP contribution in [0.2, 0.25) is 0 Å². The van der Waals surface area contributed by atoms with Crippen molar-refractivity contribution < 1.29 is 9.47 Å². The zero-order valence-corrected chi connectivity index (χ0v) is 8.00. The van der Waals surface area contributed by atoms with Gasteiger partial charge in [0.05, 0.1) is 25.4 Å². The van der Waals surface area contributed by atoms with Gasteiger partial charge < -0.3 is 15.2 Å². The Morgan fingerprint density at radius 1 is 1.15 bits per heavy atom. The van der Waals surface area contributed by atoms with Crippen LogP contribution in [-0.2, 0) is 9.47 Å². The van der Waals surface area contributed by atoms with E-state index in [0.717, 1.165) is 45.9 Å². The summed E-state index contributed by atoms with van der Waals surface area (Å²) in [5.41, 5.74) is 6.08. The lowest BCUT2D eigenvalue weighted by atomic mass is 9.99. The number of nitrogens with two attached hydrogens (primary N) is 1. The summed E-state index contributed by atoms with van der Waals surface area (Å²) in [5, 5.41) is 0. The van der Waals surface area contributed by atoms with Crippen molar-refractivity contribution in [1.82, 2.24) is 4.90 Å². The van der Waals surface area contributed by atoms with E-state index in [1.54, 1.807) is 0 Å². The van der Waals surface area contributed by atoms with E-state index in [4.69, 9.17) is 15.2 Å². The molecule has 76 valence electrons. The highest BCUT2D eigenvalue weighted by Gasteiger charge is 2.32. The first-order valence-electron chi connectivity index (χ1n) is 4.95. The molecule has 2 rings (SSSR count). The predicted octanol–water partition coefficient (Wildman–Crippen LogP) is -0.564. The minimum absolute atomic E-state index is 0.0999. The van der Waals surface area contributed by atoms with Crippen LogP contribution in [0, 0.1) is 0 Å². The topological polar surface area (TPSA) is 47.7 Å². The first kappa shape index (κ1) is 9.40. The third-order valence-corrected chi connectivity index (χ3v) is 2.78. The van der Waals surface area contributed by atoms with Crippen molar-refractivity contribution in [3.63, 3.8) is 0 Å². The molecule has 2 N–H and O–H groups in total. The minimum Gasteiger partial charge on any atom is -0.379 e. The summed E-state index contributed by atoms with van der Waals surface area (Å²) in [6.07, 6.45) is 0.990. The molecule has 13 heavy (non-hydrogen) atoms. The fourth-order valence-corrected chi connectivity index (χ4v) is 1.95. The highest BCUT2D eigenvalue weighted by Crippen LogP contribution is 2.17. The highest BCUT2D eigenvalue weighted by molar-refractivity contribution is 4.91. The molecule has 0 bridgehead atoms. The average Bonchev–Trinajstić information content (AvgIpc) is 2.54. The predicted molar refractivity (Wildman–Crippen MR) is 49.6 cm³/mol. The van der Waals surface area contributed by atoms with Gasteiger partial charge in [-0.3, -0.25) is 4.90 Å². The van der Waals surface area contributed by atoms with Crippen molar-refractivity contribution in [3.05, 3.63) is 0 Å². The van der Waals surface area contributed by atoms with Crippen molar-refractivity contribution in [2.24, 2.45) is 5.73 Å². The van der Waals surface area contributed by atoms with Gasteiger partial charge in [-0.2, -0.15) is 0 Å². The van der Waals surface area contributed by atoms with Gasteiger partial charge in [0.25, 0.3) is 0 Å². The quantitative estimate of drug-likeness (QED) is 0.628. The van der Waals surface area contributed by atoms with Gasteiger partial charge in [0.2, 0.25) is 0 Å². The number of morpholine rings is 1. The molecule has 1 atom stereocenters. The van der Waals surface area contributed by atoms with Crippen LogP contribution < -0.4 is 5.73 Å². The molecule has 4 heteroatoms. The Labute approximate surface area is 79.0 Å². The molecule has 2 aliphatic heterocycles. The third-order valence-electron chi connectivity index (χ3n) is 2.78. The maximum absolute atomic E-state index is 6.18.